The molecule has 0 bridgehead atoms. The van der Waals surface area contributed by atoms with Crippen LogP contribution in [-0.2, 0) is 22.7 Å². The number of benzene rings is 2. The molecule has 0 aliphatic heterocycles. The second-order valence-corrected chi connectivity index (χ2v) is 7.11. The van der Waals surface area contributed by atoms with Gasteiger partial charge in [0.1, 0.15) is 17.2 Å². The molecule has 0 spiro atoms. The first-order valence-corrected chi connectivity index (χ1v) is 10.1. The number of carboxylic acid groups (broad SMARTS) is 1. The van der Waals surface area contributed by atoms with E-state index >= 15 is 0 Å². The van der Waals surface area contributed by atoms with Crippen molar-refractivity contribution in [3.63, 3.8) is 0 Å². The molecule has 162 valence electrons. The predicted octanol–water partition coefficient (Wildman–Crippen LogP) is 4.95. The maximum atomic E-state index is 11.1. The second-order valence-electron chi connectivity index (χ2n) is 7.11. The van der Waals surface area contributed by atoms with E-state index in [0.29, 0.717) is 35.9 Å². The summed E-state index contributed by atoms with van der Waals surface area (Å²) in [5.41, 5.74) is 3.51. The lowest BCUT2D eigenvalue weighted by Crippen LogP contribution is -2.26. The third kappa shape index (κ3) is 5.94. The Balaban J connectivity index is 1.52. The average Bonchev–Trinajstić information content (AvgIpc) is 3.14. The molecule has 3 aromatic rings. The van der Waals surface area contributed by atoms with Crippen LogP contribution < -0.4 is 4.74 Å². The molecule has 1 atom stereocenters. The molecular weight excluding hydrogens is 396 g/mol. The highest BCUT2D eigenvalue weighted by atomic mass is 16.6. The zero-order chi connectivity index (χ0) is 22.2. The minimum atomic E-state index is -0.964. The molecule has 1 heterocycles. The summed E-state index contributed by atoms with van der Waals surface area (Å²) in [5.74, 6) is 0.870. The van der Waals surface area contributed by atoms with Crippen molar-refractivity contribution in [2.75, 3.05) is 0 Å². The number of rotatable bonds is 10. The van der Waals surface area contributed by atoms with Crippen LogP contribution in [0, 0.1) is 13.8 Å². The summed E-state index contributed by atoms with van der Waals surface area (Å²) >= 11 is 0. The normalized spacial score (nSPS) is 12.1. The van der Waals surface area contributed by atoms with E-state index in [0.717, 1.165) is 16.7 Å². The van der Waals surface area contributed by atoms with Gasteiger partial charge in [0.05, 0.1) is 0 Å². The molecule has 0 fully saturated rings. The van der Waals surface area contributed by atoms with Gasteiger partial charge in [0.15, 0.2) is 12.7 Å². The number of aryl methyl sites for hydroxylation is 2. The van der Waals surface area contributed by atoms with Crippen LogP contribution in [0.1, 0.15) is 35.9 Å². The fourth-order valence-electron chi connectivity index (χ4n) is 2.99. The largest absolute Gasteiger partial charge is 0.479 e. The lowest BCUT2D eigenvalue weighted by molar-refractivity contribution is -0.145. The molecular formula is C24H26N2O5. The molecule has 0 saturated heterocycles. The third-order valence-corrected chi connectivity index (χ3v) is 4.75. The zero-order valence-electron chi connectivity index (χ0n) is 17.9. The first-order chi connectivity index (χ1) is 15.0. The fraction of sp³-hybridized carbons (Fsp3) is 0.292. The number of oxime groups is 1. The van der Waals surface area contributed by atoms with Gasteiger partial charge in [0, 0.05) is 18.2 Å². The summed E-state index contributed by atoms with van der Waals surface area (Å²) in [7, 11) is 0. The Morgan fingerprint density at radius 3 is 2.68 bits per heavy atom. The molecule has 1 N–H and O–H groups in total. The van der Waals surface area contributed by atoms with Crippen LogP contribution in [0.25, 0.3) is 11.5 Å². The van der Waals surface area contributed by atoms with E-state index in [-0.39, 0.29) is 6.61 Å². The Morgan fingerprint density at radius 2 is 2.00 bits per heavy atom. The van der Waals surface area contributed by atoms with Crippen molar-refractivity contribution >= 4 is 12.2 Å². The van der Waals surface area contributed by atoms with Crippen LogP contribution in [0.4, 0.5) is 0 Å². The van der Waals surface area contributed by atoms with E-state index in [1.54, 1.807) is 19.2 Å². The first kappa shape index (κ1) is 22.1. The van der Waals surface area contributed by atoms with Crippen LogP contribution in [-0.4, -0.2) is 28.4 Å². The molecule has 0 radical (unpaired) electrons. The van der Waals surface area contributed by atoms with Crippen molar-refractivity contribution in [2.45, 2.75) is 46.3 Å². The maximum absolute atomic E-state index is 11.1. The van der Waals surface area contributed by atoms with Crippen LogP contribution in [0.15, 0.2) is 58.1 Å². The minimum Gasteiger partial charge on any atom is -0.479 e. The number of nitrogens with zero attached hydrogens (tertiary/aromatic N) is 2. The fourth-order valence-corrected chi connectivity index (χ4v) is 2.99. The molecule has 7 heteroatoms. The molecule has 7 nitrogen and oxygen atoms in total. The summed E-state index contributed by atoms with van der Waals surface area (Å²) in [6, 6.07) is 15.3. The van der Waals surface area contributed by atoms with Gasteiger partial charge in [-0.15, -0.1) is 0 Å². The average molecular weight is 422 g/mol. The number of carboxylic acids is 1. The summed E-state index contributed by atoms with van der Waals surface area (Å²) in [6.45, 7) is 5.74. The number of aliphatic carboxylic acids is 1. The molecule has 1 aromatic heterocycles. The van der Waals surface area contributed by atoms with Crippen LogP contribution in [0.5, 0.6) is 5.75 Å². The van der Waals surface area contributed by atoms with Crippen LogP contribution >= 0.6 is 0 Å². The smallest absolute Gasteiger partial charge is 0.344 e. The summed E-state index contributed by atoms with van der Waals surface area (Å²) in [6.07, 6.45) is 1.80. The predicted molar refractivity (Wildman–Crippen MR) is 117 cm³/mol. The van der Waals surface area contributed by atoms with E-state index in [4.69, 9.17) is 19.1 Å². The van der Waals surface area contributed by atoms with Gasteiger partial charge in [0.25, 0.3) is 0 Å². The lowest BCUT2D eigenvalue weighted by atomic mass is 10.1. The van der Waals surface area contributed by atoms with Gasteiger partial charge in [-0.2, -0.15) is 0 Å². The Hall–Kier alpha value is -3.61. The first-order valence-electron chi connectivity index (χ1n) is 10.1. The molecule has 0 amide bonds. The summed E-state index contributed by atoms with van der Waals surface area (Å²) < 4.78 is 11.3. The standard InChI is InChI=1S/C24H26N2O5/c1-4-21(24(27)28)31-22-11-10-18(14-16(22)2)12-13-25-29-15-20-17(3)30-23(26-20)19-8-6-5-7-9-19/h5-11,13-14,21H,4,12,15H2,1-3H3,(H,27,28). The van der Waals surface area contributed by atoms with Gasteiger partial charge in [0.2, 0.25) is 5.89 Å². The highest BCUT2D eigenvalue weighted by Gasteiger charge is 2.17. The van der Waals surface area contributed by atoms with E-state index in [9.17, 15) is 4.79 Å². The SMILES string of the molecule is CCC(Oc1ccc(CC=NOCc2nc(-c3ccccc3)oc2C)cc1C)C(=O)O. The van der Waals surface area contributed by atoms with Gasteiger partial charge in [-0.25, -0.2) is 9.78 Å². The number of oxazole rings is 1. The van der Waals surface area contributed by atoms with Crippen molar-refractivity contribution in [2.24, 2.45) is 5.16 Å². The summed E-state index contributed by atoms with van der Waals surface area (Å²) in [5, 5.41) is 13.1. The highest BCUT2D eigenvalue weighted by Crippen LogP contribution is 2.23. The lowest BCUT2D eigenvalue weighted by Gasteiger charge is -2.15. The minimum absolute atomic E-state index is 0.220. The quantitative estimate of drug-likeness (QED) is 0.367. The number of carbonyl (C=O) groups is 1. The van der Waals surface area contributed by atoms with Crippen LogP contribution in [0.2, 0.25) is 0 Å². The van der Waals surface area contributed by atoms with E-state index in [2.05, 4.69) is 10.1 Å². The van der Waals surface area contributed by atoms with Gasteiger partial charge in [-0.05, 0) is 49.6 Å². The molecule has 3 rings (SSSR count). The number of hydrogen-bond donors (Lipinski definition) is 1. The summed E-state index contributed by atoms with van der Waals surface area (Å²) in [4.78, 5) is 21.0. The Morgan fingerprint density at radius 1 is 1.23 bits per heavy atom. The van der Waals surface area contributed by atoms with E-state index in [1.807, 2.05) is 56.3 Å². The number of ether oxygens (including phenoxy) is 1. The van der Waals surface area contributed by atoms with Crippen molar-refractivity contribution in [1.82, 2.24) is 4.98 Å². The van der Waals surface area contributed by atoms with Crippen molar-refractivity contribution in [3.05, 3.63) is 71.1 Å². The van der Waals surface area contributed by atoms with Gasteiger partial charge in [-0.3, -0.25) is 0 Å². The molecule has 2 aromatic carbocycles. The van der Waals surface area contributed by atoms with Crippen molar-refractivity contribution < 1.29 is 23.9 Å². The highest BCUT2D eigenvalue weighted by molar-refractivity contribution is 5.72. The topological polar surface area (TPSA) is 94.2 Å². The second kappa shape index (κ2) is 10.4. The third-order valence-electron chi connectivity index (χ3n) is 4.75. The Labute approximate surface area is 181 Å². The molecule has 1 unspecified atom stereocenters. The molecule has 0 aliphatic rings. The van der Waals surface area contributed by atoms with Crippen LogP contribution in [0.3, 0.4) is 0 Å². The van der Waals surface area contributed by atoms with Gasteiger partial charge < -0.3 is 19.1 Å². The molecule has 0 aliphatic carbocycles. The Kier molecular flexibility index (Phi) is 7.43. The number of aromatic nitrogens is 1. The van der Waals surface area contributed by atoms with Crippen molar-refractivity contribution in [3.8, 4) is 17.2 Å². The van der Waals surface area contributed by atoms with Crippen molar-refractivity contribution in [1.29, 1.82) is 0 Å². The van der Waals surface area contributed by atoms with Gasteiger partial charge in [-0.1, -0.05) is 42.4 Å². The zero-order valence-corrected chi connectivity index (χ0v) is 17.9. The molecule has 31 heavy (non-hydrogen) atoms. The Bertz CT molecular complexity index is 1040. The molecule has 0 saturated carbocycles. The maximum Gasteiger partial charge on any atom is 0.344 e. The van der Waals surface area contributed by atoms with E-state index in [1.165, 1.54) is 0 Å². The number of hydrogen-bond acceptors (Lipinski definition) is 6. The van der Waals surface area contributed by atoms with E-state index < -0.39 is 12.1 Å². The monoisotopic (exact) mass is 422 g/mol. The van der Waals surface area contributed by atoms with Gasteiger partial charge >= 0.3 is 5.97 Å².